The van der Waals surface area contributed by atoms with E-state index in [0.717, 1.165) is 24.5 Å². The van der Waals surface area contributed by atoms with E-state index >= 15 is 0 Å². The molecular weight excluding hydrogens is 342 g/mol. The maximum absolute atomic E-state index is 11.1. The molecule has 0 aliphatic carbocycles. The number of amides is 1. The van der Waals surface area contributed by atoms with E-state index in [9.17, 15) is 4.79 Å². The van der Waals surface area contributed by atoms with Crippen LogP contribution in [0, 0.1) is 0 Å². The van der Waals surface area contributed by atoms with E-state index in [0.29, 0.717) is 17.3 Å². The Balaban J connectivity index is 1.58. The van der Waals surface area contributed by atoms with Gasteiger partial charge in [0.15, 0.2) is 11.6 Å². The number of aromatic nitrogens is 2. The molecule has 27 heavy (non-hydrogen) atoms. The SMILES string of the molecule is CC(=O)Nc1ccc(Nc2ncnc(NCCN3CCCCC3)c2N)cc1. The van der Waals surface area contributed by atoms with E-state index in [4.69, 9.17) is 5.73 Å². The quantitative estimate of drug-likeness (QED) is 0.594. The number of hydrogen-bond acceptors (Lipinski definition) is 7. The van der Waals surface area contributed by atoms with Gasteiger partial charge in [-0.3, -0.25) is 4.79 Å². The molecule has 3 rings (SSSR count). The highest BCUT2D eigenvalue weighted by molar-refractivity contribution is 5.89. The number of carbonyl (C=O) groups excluding carboxylic acids is 1. The monoisotopic (exact) mass is 369 g/mol. The molecule has 2 aromatic rings. The zero-order valence-electron chi connectivity index (χ0n) is 15.7. The van der Waals surface area contributed by atoms with E-state index in [1.54, 1.807) is 0 Å². The number of nitrogens with zero attached hydrogens (tertiary/aromatic N) is 3. The summed E-state index contributed by atoms with van der Waals surface area (Å²) in [6, 6.07) is 7.35. The highest BCUT2D eigenvalue weighted by atomic mass is 16.1. The fourth-order valence-electron chi connectivity index (χ4n) is 3.13. The first-order chi connectivity index (χ1) is 13.1. The standard InChI is InChI=1S/C19H27N7O/c1-14(27)24-15-5-7-16(8-6-15)25-19-17(20)18(22-13-23-19)21-9-12-26-10-3-2-4-11-26/h5-8,13H,2-4,9-12,20H2,1H3,(H,24,27)(H2,21,22,23,25). The molecule has 1 aliphatic rings. The van der Waals surface area contributed by atoms with Gasteiger partial charge in [-0.25, -0.2) is 9.97 Å². The zero-order valence-corrected chi connectivity index (χ0v) is 15.7. The third kappa shape index (κ3) is 5.55. The Morgan fingerprint density at radius 1 is 1.07 bits per heavy atom. The first-order valence-corrected chi connectivity index (χ1v) is 9.33. The maximum Gasteiger partial charge on any atom is 0.221 e. The third-order valence-electron chi connectivity index (χ3n) is 4.52. The molecule has 0 saturated carbocycles. The largest absolute Gasteiger partial charge is 0.393 e. The number of likely N-dealkylation sites (tertiary alicyclic amines) is 1. The number of nitrogen functional groups attached to an aromatic ring is 1. The molecular formula is C19H27N7O. The van der Waals surface area contributed by atoms with Crippen molar-refractivity contribution in [3.05, 3.63) is 30.6 Å². The minimum absolute atomic E-state index is 0.101. The fourth-order valence-corrected chi connectivity index (χ4v) is 3.13. The second kappa shape index (κ2) is 9.18. The Hall–Kier alpha value is -2.87. The van der Waals surface area contributed by atoms with Crippen molar-refractivity contribution in [1.29, 1.82) is 0 Å². The predicted molar refractivity (Wildman–Crippen MR) is 109 cm³/mol. The predicted octanol–water partition coefficient (Wildman–Crippen LogP) is 2.66. The number of nitrogens with one attached hydrogen (secondary N) is 3. The summed E-state index contributed by atoms with van der Waals surface area (Å²) in [7, 11) is 0. The van der Waals surface area contributed by atoms with Crippen LogP contribution in [0.5, 0.6) is 0 Å². The van der Waals surface area contributed by atoms with Crippen molar-refractivity contribution in [3.63, 3.8) is 0 Å². The molecule has 0 unspecified atom stereocenters. The van der Waals surface area contributed by atoms with Crippen LogP contribution in [0.3, 0.4) is 0 Å². The second-order valence-corrected chi connectivity index (χ2v) is 6.70. The number of benzene rings is 1. The van der Waals surface area contributed by atoms with Crippen LogP contribution in [0.1, 0.15) is 26.2 Å². The first kappa shape index (κ1) is 18.9. The first-order valence-electron chi connectivity index (χ1n) is 9.33. The summed E-state index contributed by atoms with van der Waals surface area (Å²) in [5.74, 6) is 1.09. The summed E-state index contributed by atoms with van der Waals surface area (Å²) in [5.41, 5.74) is 8.28. The Labute approximate surface area is 159 Å². The van der Waals surface area contributed by atoms with Crippen molar-refractivity contribution >= 4 is 34.6 Å². The number of rotatable bonds is 7. The number of carbonyl (C=O) groups is 1. The molecule has 8 nitrogen and oxygen atoms in total. The number of anilines is 5. The molecule has 1 amide bonds. The van der Waals surface area contributed by atoms with Crippen LogP contribution in [0.4, 0.5) is 28.7 Å². The van der Waals surface area contributed by atoms with Crippen LogP contribution in [0.15, 0.2) is 30.6 Å². The lowest BCUT2D eigenvalue weighted by atomic mass is 10.1. The molecule has 0 atom stereocenters. The van der Waals surface area contributed by atoms with Gasteiger partial charge >= 0.3 is 0 Å². The van der Waals surface area contributed by atoms with Crippen molar-refractivity contribution in [1.82, 2.24) is 14.9 Å². The van der Waals surface area contributed by atoms with Crippen LogP contribution in [-0.4, -0.2) is 47.0 Å². The molecule has 5 N–H and O–H groups in total. The van der Waals surface area contributed by atoms with E-state index in [1.807, 2.05) is 24.3 Å². The van der Waals surface area contributed by atoms with E-state index in [-0.39, 0.29) is 5.91 Å². The number of piperidine rings is 1. The minimum atomic E-state index is -0.101. The van der Waals surface area contributed by atoms with Gasteiger partial charge in [-0.1, -0.05) is 6.42 Å². The van der Waals surface area contributed by atoms with Gasteiger partial charge in [0.2, 0.25) is 5.91 Å². The molecule has 0 bridgehead atoms. The minimum Gasteiger partial charge on any atom is -0.393 e. The van der Waals surface area contributed by atoms with Gasteiger partial charge < -0.3 is 26.6 Å². The summed E-state index contributed by atoms with van der Waals surface area (Å²) in [6.45, 7) is 5.60. The summed E-state index contributed by atoms with van der Waals surface area (Å²) in [5, 5.41) is 9.24. The van der Waals surface area contributed by atoms with Crippen LogP contribution in [-0.2, 0) is 4.79 Å². The van der Waals surface area contributed by atoms with Crippen LogP contribution < -0.4 is 21.7 Å². The summed E-state index contributed by atoms with van der Waals surface area (Å²) >= 11 is 0. The maximum atomic E-state index is 11.1. The Morgan fingerprint density at radius 2 is 1.74 bits per heavy atom. The molecule has 1 saturated heterocycles. The molecule has 0 radical (unpaired) electrons. The number of nitrogens with two attached hydrogens (primary N) is 1. The van der Waals surface area contributed by atoms with Crippen LogP contribution in [0.25, 0.3) is 0 Å². The Kier molecular flexibility index (Phi) is 6.43. The van der Waals surface area contributed by atoms with Crippen molar-refractivity contribution in [2.45, 2.75) is 26.2 Å². The Morgan fingerprint density at radius 3 is 2.44 bits per heavy atom. The fraction of sp³-hybridized carbons (Fsp3) is 0.421. The smallest absolute Gasteiger partial charge is 0.221 e. The summed E-state index contributed by atoms with van der Waals surface area (Å²) in [6.07, 6.45) is 5.39. The van der Waals surface area contributed by atoms with Gasteiger partial charge in [-0.05, 0) is 50.2 Å². The zero-order chi connectivity index (χ0) is 19.1. The Bertz CT molecular complexity index is 757. The van der Waals surface area contributed by atoms with Gasteiger partial charge in [-0.2, -0.15) is 0 Å². The molecule has 8 heteroatoms. The van der Waals surface area contributed by atoms with Crippen molar-refractivity contribution in [3.8, 4) is 0 Å². The van der Waals surface area contributed by atoms with E-state index in [1.165, 1.54) is 45.6 Å². The lowest BCUT2D eigenvalue weighted by Gasteiger charge is -2.26. The normalized spacial score (nSPS) is 14.6. The van der Waals surface area contributed by atoms with Crippen LogP contribution >= 0.6 is 0 Å². The number of hydrogen-bond donors (Lipinski definition) is 4. The lowest BCUT2D eigenvalue weighted by molar-refractivity contribution is -0.114. The van der Waals surface area contributed by atoms with Gasteiger partial charge in [-0.15, -0.1) is 0 Å². The highest BCUT2D eigenvalue weighted by Gasteiger charge is 2.11. The lowest BCUT2D eigenvalue weighted by Crippen LogP contribution is -2.33. The highest BCUT2D eigenvalue weighted by Crippen LogP contribution is 2.26. The topological polar surface area (TPSA) is 108 Å². The third-order valence-corrected chi connectivity index (χ3v) is 4.52. The van der Waals surface area contributed by atoms with Gasteiger partial charge in [0.05, 0.1) is 0 Å². The van der Waals surface area contributed by atoms with Crippen LogP contribution in [0.2, 0.25) is 0 Å². The van der Waals surface area contributed by atoms with E-state index < -0.39 is 0 Å². The molecule has 1 aromatic carbocycles. The average molecular weight is 369 g/mol. The summed E-state index contributed by atoms with van der Waals surface area (Å²) < 4.78 is 0. The van der Waals surface area contributed by atoms with E-state index in [2.05, 4.69) is 30.8 Å². The molecule has 2 heterocycles. The molecule has 1 aliphatic heterocycles. The molecule has 1 aromatic heterocycles. The van der Waals surface area contributed by atoms with Gasteiger partial charge in [0.1, 0.15) is 12.0 Å². The summed E-state index contributed by atoms with van der Waals surface area (Å²) in [4.78, 5) is 22.0. The molecule has 1 fully saturated rings. The van der Waals surface area contributed by atoms with Crippen molar-refractivity contribution < 1.29 is 4.79 Å². The average Bonchev–Trinajstić information content (AvgIpc) is 2.67. The second-order valence-electron chi connectivity index (χ2n) is 6.70. The van der Waals surface area contributed by atoms with Gasteiger partial charge in [0.25, 0.3) is 0 Å². The molecule has 144 valence electrons. The molecule has 0 spiro atoms. The van der Waals surface area contributed by atoms with Crippen molar-refractivity contribution in [2.24, 2.45) is 0 Å². The van der Waals surface area contributed by atoms with Gasteiger partial charge in [0, 0.05) is 31.4 Å². The van der Waals surface area contributed by atoms with Crippen molar-refractivity contribution in [2.75, 3.05) is 47.9 Å².